The molecule has 2 rings (SSSR count). The van der Waals surface area contributed by atoms with Crippen molar-refractivity contribution < 1.29 is 4.79 Å². The number of hydrogen-bond donors (Lipinski definition) is 1. The summed E-state index contributed by atoms with van der Waals surface area (Å²) in [6.07, 6.45) is 2.02. The van der Waals surface area contributed by atoms with Crippen LogP contribution in [0, 0.1) is 6.92 Å². The van der Waals surface area contributed by atoms with E-state index in [0.29, 0.717) is 13.1 Å². The van der Waals surface area contributed by atoms with Crippen molar-refractivity contribution in [2.45, 2.75) is 19.8 Å². The fourth-order valence-electron chi connectivity index (χ4n) is 2.24. The molecule has 0 bridgehead atoms. The van der Waals surface area contributed by atoms with Crippen molar-refractivity contribution in [3.05, 3.63) is 34.9 Å². The van der Waals surface area contributed by atoms with Gasteiger partial charge in [-0.05, 0) is 31.4 Å². The summed E-state index contributed by atoms with van der Waals surface area (Å²) < 4.78 is 0. The third kappa shape index (κ3) is 2.09. The van der Waals surface area contributed by atoms with E-state index < -0.39 is 0 Å². The summed E-state index contributed by atoms with van der Waals surface area (Å²) in [6, 6.07) is 6.07. The maximum atomic E-state index is 12.2. The predicted octanol–water partition coefficient (Wildman–Crippen LogP) is 1.34. The lowest BCUT2D eigenvalue weighted by molar-refractivity contribution is 0.0766. The molecule has 0 fully saturated rings. The van der Waals surface area contributed by atoms with Crippen LogP contribution in [0.4, 0.5) is 0 Å². The number of hydrogen-bond acceptors (Lipinski definition) is 2. The van der Waals surface area contributed by atoms with Gasteiger partial charge >= 0.3 is 0 Å². The van der Waals surface area contributed by atoms with Gasteiger partial charge in [0, 0.05) is 25.2 Å². The zero-order chi connectivity index (χ0) is 11.5. The van der Waals surface area contributed by atoms with Crippen molar-refractivity contribution in [3.63, 3.8) is 0 Å². The van der Waals surface area contributed by atoms with Gasteiger partial charge in [0.2, 0.25) is 0 Å². The second kappa shape index (κ2) is 4.66. The Bertz CT molecular complexity index is 401. The number of nitrogens with two attached hydrogens (primary N) is 1. The molecule has 0 unspecified atom stereocenters. The molecule has 2 N–H and O–H groups in total. The number of carbonyl (C=O) groups excluding carboxylic acids is 1. The molecule has 1 amide bonds. The second-order valence-corrected chi connectivity index (χ2v) is 4.35. The van der Waals surface area contributed by atoms with Crippen molar-refractivity contribution in [1.29, 1.82) is 0 Å². The van der Waals surface area contributed by atoms with Gasteiger partial charge in [0.1, 0.15) is 0 Å². The second-order valence-electron chi connectivity index (χ2n) is 4.35. The topological polar surface area (TPSA) is 46.3 Å². The number of nitrogens with zero attached hydrogens (tertiary/aromatic N) is 1. The molecule has 1 aliphatic rings. The molecule has 0 atom stereocenters. The number of benzene rings is 1. The first-order valence-corrected chi connectivity index (χ1v) is 5.81. The Balaban J connectivity index is 2.33. The van der Waals surface area contributed by atoms with Gasteiger partial charge in [-0.2, -0.15) is 0 Å². The van der Waals surface area contributed by atoms with Gasteiger partial charge in [-0.25, -0.2) is 0 Å². The van der Waals surface area contributed by atoms with E-state index in [4.69, 9.17) is 5.73 Å². The normalized spacial score (nSPS) is 15.9. The van der Waals surface area contributed by atoms with Gasteiger partial charge < -0.3 is 10.6 Å². The smallest absolute Gasteiger partial charge is 0.254 e. The minimum atomic E-state index is 0.137. The zero-order valence-corrected chi connectivity index (χ0v) is 9.70. The average Bonchev–Trinajstić information content (AvgIpc) is 2.40. The lowest BCUT2D eigenvalue weighted by Crippen LogP contribution is -2.35. The Morgan fingerprint density at radius 3 is 3.00 bits per heavy atom. The summed E-state index contributed by atoms with van der Waals surface area (Å²) in [4.78, 5) is 14.1. The highest BCUT2D eigenvalue weighted by Gasteiger charge is 2.21. The molecule has 3 nitrogen and oxygen atoms in total. The third-order valence-electron chi connectivity index (χ3n) is 3.05. The largest absolute Gasteiger partial charge is 0.337 e. The summed E-state index contributed by atoms with van der Waals surface area (Å²) in [7, 11) is 0. The lowest BCUT2D eigenvalue weighted by atomic mass is 10.0. The SMILES string of the molecule is Cc1ccc2c(c1)CCCN(CCN)C2=O. The van der Waals surface area contributed by atoms with Crippen LogP contribution in [0.2, 0.25) is 0 Å². The van der Waals surface area contributed by atoms with Crippen molar-refractivity contribution >= 4 is 5.91 Å². The van der Waals surface area contributed by atoms with Crippen molar-refractivity contribution in [1.82, 2.24) is 4.90 Å². The highest BCUT2D eigenvalue weighted by Crippen LogP contribution is 2.19. The molecule has 0 aliphatic carbocycles. The first-order valence-electron chi connectivity index (χ1n) is 5.81. The van der Waals surface area contributed by atoms with Crippen LogP contribution in [0.25, 0.3) is 0 Å². The van der Waals surface area contributed by atoms with E-state index in [-0.39, 0.29) is 5.91 Å². The van der Waals surface area contributed by atoms with E-state index in [1.54, 1.807) is 0 Å². The molecule has 0 saturated heterocycles. The fraction of sp³-hybridized carbons (Fsp3) is 0.462. The van der Waals surface area contributed by atoms with Crippen LogP contribution >= 0.6 is 0 Å². The monoisotopic (exact) mass is 218 g/mol. The molecule has 0 saturated carbocycles. The maximum Gasteiger partial charge on any atom is 0.254 e. The number of fused-ring (bicyclic) bond motifs is 1. The van der Waals surface area contributed by atoms with E-state index in [2.05, 4.69) is 13.0 Å². The Labute approximate surface area is 96.2 Å². The lowest BCUT2D eigenvalue weighted by Gasteiger charge is -2.19. The van der Waals surface area contributed by atoms with E-state index in [9.17, 15) is 4.79 Å². The highest BCUT2D eigenvalue weighted by molar-refractivity contribution is 5.96. The van der Waals surface area contributed by atoms with Crippen LogP contribution in [0.1, 0.15) is 27.9 Å². The molecule has 1 aliphatic heterocycles. The zero-order valence-electron chi connectivity index (χ0n) is 9.70. The molecule has 16 heavy (non-hydrogen) atoms. The average molecular weight is 218 g/mol. The number of carbonyl (C=O) groups is 1. The van der Waals surface area contributed by atoms with Gasteiger partial charge in [-0.1, -0.05) is 17.7 Å². The first-order chi connectivity index (χ1) is 7.72. The molecular formula is C13H18N2O. The van der Waals surface area contributed by atoms with E-state index in [0.717, 1.165) is 24.9 Å². The Kier molecular flexibility index (Phi) is 3.25. The molecule has 0 radical (unpaired) electrons. The quantitative estimate of drug-likeness (QED) is 0.814. The summed E-state index contributed by atoms with van der Waals surface area (Å²) in [5.74, 6) is 0.137. The number of aryl methyl sites for hydroxylation is 2. The van der Waals surface area contributed by atoms with Crippen LogP contribution < -0.4 is 5.73 Å². The molecule has 3 heteroatoms. The highest BCUT2D eigenvalue weighted by atomic mass is 16.2. The van der Waals surface area contributed by atoms with Crippen LogP contribution in [0.3, 0.4) is 0 Å². The van der Waals surface area contributed by atoms with Gasteiger partial charge in [0.05, 0.1) is 0 Å². The van der Waals surface area contributed by atoms with Crippen LogP contribution in [-0.2, 0) is 6.42 Å². The molecule has 1 aromatic rings. The standard InChI is InChI=1S/C13H18N2O/c1-10-4-5-12-11(9-10)3-2-7-15(8-6-14)13(12)16/h4-5,9H,2-3,6-8,14H2,1H3. The first kappa shape index (κ1) is 11.1. The number of amides is 1. The van der Waals surface area contributed by atoms with Crippen LogP contribution in [0.15, 0.2) is 18.2 Å². The molecule has 0 aromatic heterocycles. The Morgan fingerprint density at radius 2 is 2.25 bits per heavy atom. The van der Waals surface area contributed by atoms with E-state index in [1.807, 2.05) is 17.0 Å². The molecule has 0 spiro atoms. The van der Waals surface area contributed by atoms with Crippen LogP contribution in [-0.4, -0.2) is 30.4 Å². The van der Waals surface area contributed by atoms with Gasteiger partial charge in [0.15, 0.2) is 0 Å². The van der Waals surface area contributed by atoms with Gasteiger partial charge in [0.25, 0.3) is 5.91 Å². The molecular weight excluding hydrogens is 200 g/mol. The molecule has 1 aromatic carbocycles. The van der Waals surface area contributed by atoms with Gasteiger partial charge in [-0.3, -0.25) is 4.79 Å². The van der Waals surface area contributed by atoms with Crippen molar-refractivity contribution in [3.8, 4) is 0 Å². The van der Waals surface area contributed by atoms with E-state index in [1.165, 1.54) is 11.1 Å². The number of rotatable bonds is 2. The molecule has 1 heterocycles. The third-order valence-corrected chi connectivity index (χ3v) is 3.05. The maximum absolute atomic E-state index is 12.2. The van der Waals surface area contributed by atoms with Crippen molar-refractivity contribution in [2.75, 3.05) is 19.6 Å². The van der Waals surface area contributed by atoms with Crippen molar-refractivity contribution in [2.24, 2.45) is 5.73 Å². The van der Waals surface area contributed by atoms with E-state index >= 15 is 0 Å². The van der Waals surface area contributed by atoms with Crippen LogP contribution in [0.5, 0.6) is 0 Å². The minimum Gasteiger partial charge on any atom is -0.337 e. The fourth-order valence-corrected chi connectivity index (χ4v) is 2.24. The summed E-state index contributed by atoms with van der Waals surface area (Å²) in [5, 5.41) is 0. The summed E-state index contributed by atoms with van der Waals surface area (Å²) >= 11 is 0. The summed E-state index contributed by atoms with van der Waals surface area (Å²) in [6.45, 7) is 4.08. The predicted molar refractivity (Wildman–Crippen MR) is 64.5 cm³/mol. The van der Waals surface area contributed by atoms with Gasteiger partial charge in [-0.15, -0.1) is 0 Å². The Morgan fingerprint density at radius 1 is 1.44 bits per heavy atom. The minimum absolute atomic E-state index is 0.137. The summed E-state index contributed by atoms with van der Waals surface area (Å²) in [5.41, 5.74) is 8.79. The molecule has 86 valence electrons. The Hall–Kier alpha value is -1.35.